The zero-order valence-electron chi connectivity index (χ0n) is 17.0. The predicted octanol–water partition coefficient (Wildman–Crippen LogP) is 3.43. The van der Waals surface area contributed by atoms with Gasteiger partial charge in [0.1, 0.15) is 0 Å². The summed E-state index contributed by atoms with van der Waals surface area (Å²) in [5.41, 5.74) is 2.27. The Balaban J connectivity index is 1.77. The number of aromatic nitrogens is 3. The average molecular weight is 397 g/mol. The second-order valence-corrected chi connectivity index (χ2v) is 7.69. The Morgan fingerprint density at radius 2 is 1.43 bits per heavy atom. The fourth-order valence-electron chi connectivity index (χ4n) is 4.79. The molecule has 150 valence electrons. The highest BCUT2D eigenvalue weighted by Crippen LogP contribution is 2.49. The van der Waals surface area contributed by atoms with E-state index in [0.717, 1.165) is 23.8 Å². The molecule has 2 atom stereocenters. The highest BCUT2D eigenvalue weighted by molar-refractivity contribution is 5.57. The number of hydrogen-bond donors (Lipinski definition) is 0. The van der Waals surface area contributed by atoms with Gasteiger partial charge in [0.15, 0.2) is 0 Å². The van der Waals surface area contributed by atoms with E-state index in [4.69, 9.17) is 0 Å². The highest BCUT2D eigenvalue weighted by Gasteiger charge is 2.44. The molecule has 2 fully saturated rings. The number of para-hydroxylation sites is 1. The molecule has 0 unspecified atom stereocenters. The normalized spacial score (nSPS) is 25.3. The summed E-state index contributed by atoms with van der Waals surface area (Å²) in [4.78, 5) is 27.2. The van der Waals surface area contributed by atoms with Crippen molar-refractivity contribution in [2.45, 2.75) is 32.4 Å². The molecule has 10 radical (unpaired) electrons. The largest absolute Gasteiger partial charge is 0.352 e. The second-order valence-electron chi connectivity index (χ2n) is 7.69. The van der Waals surface area contributed by atoms with E-state index in [1.54, 1.807) is 21.5 Å². The minimum Gasteiger partial charge on any atom is -0.245 e. The summed E-state index contributed by atoms with van der Waals surface area (Å²) in [6, 6.07) is 8.59. The zero-order chi connectivity index (χ0) is 20.8. The van der Waals surface area contributed by atoms with Crippen LogP contribution in [-0.2, 0) is 0 Å². The van der Waals surface area contributed by atoms with Gasteiger partial charge < -0.3 is 0 Å². The molecule has 0 spiro atoms. The number of nitrogens with zero attached hydrogens (tertiary/aromatic N) is 3. The molecule has 0 amide bonds. The Bertz CT molecular complexity index is 1060. The molecule has 30 heavy (non-hydrogen) atoms. The van der Waals surface area contributed by atoms with Crippen LogP contribution in [0, 0.1) is 63.2 Å². The highest BCUT2D eigenvalue weighted by atomic mass is 16.2. The van der Waals surface area contributed by atoms with E-state index in [9.17, 15) is 9.59 Å². The van der Waals surface area contributed by atoms with E-state index in [-0.39, 0.29) is 23.5 Å². The third-order valence-electron chi connectivity index (χ3n) is 6.11. The molecule has 2 heterocycles. The summed E-state index contributed by atoms with van der Waals surface area (Å²) in [5, 5.41) is 0. The van der Waals surface area contributed by atoms with Crippen LogP contribution in [0.25, 0.3) is 5.69 Å². The van der Waals surface area contributed by atoms with Crippen molar-refractivity contribution in [3.63, 3.8) is 0 Å². The Morgan fingerprint density at radius 3 is 2.07 bits per heavy atom. The van der Waals surface area contributed by atoms with Crippen molar-refractivity contribution in [3.8, 4) is 5.69 Å². The first-order valence-electron chi connectivity index (χ1n) is 10.3. The summed E-state index contributed by atoms with van der Waals surface area (Å²) in [6.07, 6.45) is 17.0. The van der Waals surface area contributed by atoms with Crippen LogP contribution in [0.15, 0.2) is 51.1 Å². The Morgan fingerprint density at radius 1 is 0.833 bits per heavy atom. The van der Waals surface area contributed by atoms with Gasteiger partial charge in [-0.3, -0.25) is 0 Å². The summed E-state index contributed by atoms with van der Waals surface area (Å²) >= 11 is 0. The van der Waals surface area contributed by atoms with Crippen LogP contribution in [0.1, 0.15) is 32.4 Å². The van der Waals surface area contributed by atoms with E-state index in [1.807, 2.05) is 63.6 Å². The van der Waals surface area contributed by atoms with Crippen LogP contribution in [0.2, 0.25) is 0 Å². The third-order valence-corrected chi connectivity index (χ3v) is 6.11. The number of rotatable bonds is 4. The Kier molecular flexibility index (Phi) is 5.08. The van der Waals surface area contributed by atoms with Crippen molar-refractivity contribution in [2.24, 2.45) is 0 Å². The van der Waals surface area contributed by atoms with Gasteiger partial charge in [-0.05, 0) is 88.0 Å². The molecule has 5 heteroatoms. The van der Waals surface area contributed by atoms with Crippen LogP contribution in [0.5, 0.6) is 0 Å². The molecule has 0 saturated heterocycles. The van der Waals surface area contributed by atoms with E-state index >= 15 is 0 Å². The molecule has 2 aliphatic carbocycles. The summed E-state index contributed by atoms with van der Waals surface area (Å²) in [5.74, 6) is 2.10. The quantitative estimate of drug-likeness (QED) is 0.794. The SMILES string of the molecule is CCC1=C([C]2[CH][CH][CH][CH]2)[C@@H]([C]2[CH][CH][CH][CH]2)n2c(=O)n(-c3ccccc3)c(=O)n2[C@@H]1C. The third kappa shape index (κ3) is 2.89. The van der Waals surface area contributed by atoms with Gasteiger partial charge in [-0.25, -0.2) is 23.5 Å². The Labute approximate surface area is 178 Å². The van der Waals surface area contributed by atoms with E-state index in [0.29, 0.717) is 5.69 Å². The lowest BCUT2D eigenvalue weighted by Gasteiger charge is -2.39. The van der Waals surface area contributed by atoms with Crippen molar-refractivity contribution in [1.29, 1.82) is 0 Å². The molecular formula is C25H23N3O2. The monoisotopic (exact) mass is 397 g/mol. The molecule has 1 aliphatic heterocycles. The average Bonchev–Trinajstić information content (AvgIpc) is 3.51. The van der Waals surface area contributed by atoms with Crippen molar-refractivity contribution < 1.29 is 0 Å². The van der Waals surface area contributed by atoms with Crippen LogP contribution < -0.4 is 11.4 Å². The van der Waals surface area contributed by atoms with Gasteiger partial charge >= 0.3 is 11.4 Å². The van der Waals surface area contributed by atoms with Crippen molar-refractivity contribution in [2.75, 3.05) is 0 Å². The van der Waals surface area contributed by atoms with Crippen LogP contribution in [0.3, 0.4) is 0 Å². The standard InChI is InChI=1S/C25H23N3O2/c1-3-21-17(2)27-24(29)26(20-15-5-4-6-16-20)25(30)28(27)23(19-13-9-10-14-19)22(21)18-11-7-8-12-18/h4-17,23H,3H2,1-2H3/t17-,23-/m1/s1. The molecule has 1 aromatic carbocycles. The molecular weight excluding hydrogens is 374 g/mol. The second kappa shape index (κ2) is 7.75. The van der Waals surface area contributed by atoms with Gasteiger partial charge in [0.25, 0.3) is 0 Å². The Hall–Kier alpha value is -2.30. The lowest BCUT2D eigenvalue weighted by Crippen LogP contribution is -2.41. The van der Waals surface area contributed by atoms with Gasteiger partial charge in [0, 0.05) is 11.8 Å². The van der Waals surface area contributed by atoms with Crippen molar-refractivity contribution in [3.05, 3.63) is 126 Å². The van der Waals surface area contributed by atoms with Crippen LogP contribution in [-0.4, -0.2) is 13.9 Å². The summed E-state index contributed by atoms with van der Waals surface area (Å²) in [7, 11) is 0. The molecule has 1 aromatic heterocycles. The maximum atomic E-state index is 13.7. The van der Waals surface area contributed by atoms with Gasteiger partial charge in [-0.2, -0.15) is 0 Å². The molecule has 2 saturated carbocycles. The van der Waals surface area contributed by atoms with Crippen LogP contribution >= 0.6 is 0 Å². The van der Waals surface area contributed by atoms with E-state index in [1.165, 1.54) is 10.1 Å². The summed E-state index contributed by atoms with van der Waals surface area (Å²) < 4.78 is 4.57. The zero-order valence-corrected chi connectivity index (χ0v) is 17.0. The molecule has 5 nitrogen and oxygen atoms in total. The van der Waals surface area contributed by atoms with Gasteiger partial charge in [0.05, 0.1) is 17.8 Å². The molecule has 3 aliphatic rings. The van der Waals surface area contributed by atoms with E-state index < -0.39 is 0 Å². The smallest absolute Gasteiger partial charge is 0.245 e. The number of benzene rings is 1. The minimum absolute atomic E-state index is 0.212. The fraction of sp³-hybridized carbons (Fsp3) is 0.200. The van der Waals surface area contributed by atoms with Gasteiger partial charge in [-0.15, -0.1) is 0 Å². The predicted molar refractivity (Wildman–Crippen MR) is 116 cm³/mol. The molecule has 2 aromatic rings. The molecule has 0 bridgehead atoms. The minimum atomic E-state index is -0.348. The lowest BCUT2D eigenvalue weighted by molar-refractivity contribution is 0.341. The van der Waals surface area contributed by atoms with Crippen molar-refractivity contribution in [1.82, 2.24) is 13.9 Å². The topological polar surface area (TPSA) is 48.9 Å². The van der Waals surface area contributed by atoms with Crippen LogP contribution in [0.4, 0.5) is 0 Å². The number of hydrogen-bond acceptors (Lipinski definition) is 2. The maximum Gasteiger partial charge on any atom is 0.352 e. The van der Waals surface area contributed by atoms with E-state index in [2.05, 4.69) is 19.8 Å². The fourth-order valence-corrected chi connectivity index (χ4v) is 4.79. The van der Waals surface area contributed by atoms with Gasteiger partial charge in [0.2, 0.25) is 0 Å². The number of allylic oxidation sites excluding steroid dienone is 2. The molecule has 5 rings (SSSR count). The lowest BCUT2D eigenvalue weighted by atomic mass is 9.77. The summed E-state index contributed by atoms with van der Waals surface area (Å²) in [6.45, 7) is 4.12. The molecule has 0 N–H and O–H groups in total. The van der Waals surface area contributed by atoms with Gasteiger partial charge in [-0.1, -0.05) is 25.1 Å². The first-order valence-corrected chi connectivity index (χ1v) is 10.3. The van der Waals surface area contributed by atoms with Crippen molar-refractivity contribution >= 4 is 0 Å². The number of fused-ring (bicyclic) bond motifs is 1. The first kappa shape index (κ1) is 19.7. The maximum absolute atomic E-state index is 13.7. The first-order chi connectivity index (χ1) is 14.6.